The van der Waals surface area contributed by atoms with E-state index in [0.717, 1.165) is 0 Å². The smallest absolute Gasteiger partial charge is 0.545 e. The van der Waals surface area contributed by atoms with Crippen LogP contribution in [0.4, 0.5) is 0 Å². The SMILES string of the molecule is O=C([O-])c1ccc(O[C@@H]2OC[C@@H](O)[C@H](O)[C@H]2O)cc1.[Na+]. The minimum Gasteiger partial charge on any atom is -0.545 e. The molecule has 0 aromatic heterocycles. The van der Waals surface area contributed by atoms with Crippen molar-refractivity contribution < 1.29 is 64.3 Å². The predicted octanol–water partition coefficient (Wildman–Crippen LogP) is -5.13. The molecule has 2 rings (SSSR count). The number of aliphatic hydroxyl groups is 3. The summed E-state index contributed by atoms with van der Waals surface area (Å²) in [4.78, 5) is 10.6. The van der Waals surface area contributed by atoms with Crippen LogP contribution >= 0.6 is 0 Å². The Labute approximate surface area is 137 Å². The minimum atomic E-state index is -1.40. The third-order valence-electron chi connectivity index (χ3n) is 2.80. The average molecular weight is 292 g/mol. The number of hydrogen-bond donors (Lipinski definition) is 3. The molecule has 1 aliphatic heterocycles. The van der Waals surface area contributed by atoms with Gasteiger partial charge in [-0.05, 0) is 29.8 Å². The van der Waals surface area contributed by atoms with Gasteiger partial charge in [0.1, 0.15) is 24.1 Å². The van der Waals surface area contributed by atoms with Crippen LogP contribution in [0.15, 0.2) is 24.3 Å². The molecular formula is C12H13NaO7. The zero-order chi connectivity index (χ0) is 14.0. The van der Waals surface area contributed by atoms with Crippen molar-refractivity contribution in [2.75, 3.05) is 6.61 Å². The van der Waals surface area contributed by atoms with Crippen molar-refractivity contribution in [1.29, 1.82) is 0 Å². The number of hydrogen-bond acceptors (Lipinski definition) is 7. The van der Waals surface area contributed by atoms with E-state index in [4.69, 9.17) is 9.47 Å². The fraction of sp³-hybridized carbons (Fsp3) is 0.417. The van der Waals surface area contributed by atoms with Gasteiger partial charge >= 0.3 is 29.6 Å². The number of carboxylic acids is 1. The second kappa shape index (κ2) is 7.37. The second-order valence-electron chi connectivity index (χ2n) is 4.18. The fourth-order valence-corrected chi connectivity index (χ4v) is 1.69. The third-order valence-corrected chi connectivity index (χ3v) is 2.80. The first-order valence-electron chi connectivity index (χ1n) is 5.63. The number of benzene rings is 1. The number of ether oxygens (including phenoxy) is 2. The van der Waals surface area contributed by atoms with Gasteiger partial charge in [-0.25, -0.2) is 0 Å². The Hall–Kier alpha value is -0.670. The van der Waals surface area contributed by atoms with E-state index in [0.29, 0.717) is 0 Å². The van der Waals surface area contributed by atoms with E-state index < -0.39 is 30.6 Å². The summed E-state index contributed by atoms with van der Waals surface area (Å²) in [5.74, 6) is -1.04. The standard InChI is InChI=1S/C12H14O7.Na/c13-8-5-18-12(10(15)9(8)14)19-7-3-1-6(2-4-7)11(16)17;/h1-4,8-10,12-15H,5H2,(H,16,17);/q;+1/p-1/t8-,9+,10-,12+;/m1./s1. The summed E-state index contributed by atoms with van der Waals surface area (Å²) in [5, 5.41) is 38.9. The first kappa shape index (κ1) is 17.4. The topological polar surface area (TPSA) is 119 Å². The van der Waals surface area contributed by atoms with E-state index in [2.05, 4.69) is 0 Å². The molecule has 0 amide bonds. The summed E-state index contributed by atoms with van der Waals surface area (Å²) in [5.41, 5.74) is -0.00656. The molecule has 1 aromatic rings. The molecule has 0 aliphatic carbocycles. The zero-order valence-electron chi connectivity index (χ0n) is 10.8. The van der Waals surface area contributed by atoms with Gasteiger partial charge in [-0.2, -0.15) is 0 Å². The maximum absolute atomic E-state index is 10.6. The molecule has 0 saturated carbocycles. The van der Waals surface area contributed by atoms with Gasteiger partial charge in [0.05, 0.1) is 12.6 Å². The summed E-state index contributed by atoms with van der Waals surface area (Å²) in [6.07, 6.45) is -5.06. The Morgan fingerprint density at radius 1 is 1.20 bits per heavy atom. The third kappa shape index (κ3) is 3.92. The monoisotopic (exact) mass is 292 g/mol. The molecule has 1 aromatic carbocycles. The van der Waals surface area contributed by atoms with Gasteiger partial charge in [0, 0.05) is 0 Å². The Bertz CT molecular complexity index is 450. The van der Waals surface area contributed by atoms with Crippen LogP contribution in [-0.4, -0.2) is 52.5 Å². The van der Waals surface area contributed by atoms with E-state index in [1.54, 1.807) is 0 Å². The molecule has 8 heteroatoms. The van der Waals surface area contributed by atoms with Gasteiger partial charge in [0.15, 0.2) is 0 Å². The molecule has 1 heterocycles. The Morgan fingerprint density at radius 2 is 1.80 bits per heavy atom. The number of carbonyl (C=O) groups is 1. The molecule has 0 unspecified atom stereocenters. The second-order valence-corrected chi connectivity index (χ2v) is 4.18. The van der Waals surface area contributed by atoms with Crippen LogP contribution in [0.3, 0.4) is 0 Å². The van der Waals surface area contributed by atoms with Crippen LogP contribution in [0.1, 0.15) is 10.4 Å². The molecule has 3 N–H and O–H groups in total. The van der Waals surface area contributed by atoms with Crippen LogP contribution < -0.4 is 39.4 Å². The number of aromatic carboxylic acids is 1. The first-order chi connectivity index (χ1) is 8.99. The first-order valence-corrected chi connectivity index (χ1v) is 5.63. The molecule has 7 nitrogen and oxygen atoms in total. The van der Waals surface area contributed by atoms with Gasteiger partial charge in [0.2, 0.25) is 6.29 Å². The van der Waals surface area contributed by atoms with Crippen molar-refractivity contribution in [3.63, 3.8) is 0 Å². The van der Waals surface area contributed by atoms with Crippen LogP contribution in [0.25, 0.3) is 0 Å². The maximum Gasteiger partial charge on any atom is 1.00 e. The van der Waals surface area contributed by atoms with Crippen LogP contribution in [-0.2, 0) is 4.74 Å². The van der Waals surface area contributed by atoms with Crippen molar-refractivity contribution in [3.8, 4) is 5.75 Å². The molecule has 104 valence electrons. The van der Waals surface area contributed by atoms with Crippen molar-refractivity contribution in [1.82, 2.24) is 0 Å². The summed E-state index contributed by atoms with van der Waals surface area (Å²) in [6, 6.07) is 5.31. The largest absolute Gasteiger partial charge is 1.00 e. The van der Waals surface area contributed by atoms with E-state index in [1.807, 2.05) is 0 Å². The molecule has 0 radical (unpaired) electrons. The Morgan fingerprint density at radius 3 is 2.35 bits per heavy atom. The molecule has 4 atom stereocenters. The van der Waals surface area contributed by atoms with Crippen LogP contribution in [0, 0.1) is 0 Å². The van der Waals surface area contributed by atoms with Crippen molar-refractivity contribution in [2.45, 2.75) is 24.6 Å². The molecule has 20 heavy (non-hydrogen) atoms. The Kier molecular flexibility index (Phi) is 6.41. The Balaban J connectivity index is 0.00000200. The van der Waals surface area contributed by atoms with Gasteiger partial charge in [-0.15, -0.1) is 0 Å². The molecule has 1 aliphatic rings. The number of aliphatic hydroxyl groups excluding tert-OH is 3. The van der Waals surface area contributed by atoms with Gasteiger partial charge < -0.3 is 34.7 Å². The van der Waals surface area contributed by atoms with Crippen LogP contribution in [0.2, 0.25) is 0 Å². The zero-order valence-corrected chi connectivity index (χ0v) is 12.8. The van der Waals surface area contributed by atoms with E-state index in [1.165, 1.54) is 24.3 Å². The van der Waals surface area contributed by atoms with Crippen molar-refractivity contribution >= 4 is 5.97 Å². The van der Waals surface area contributed by atoms with E-state index in [9.17, 15) is 25.2 Å². The normalized spacial score (nSPS) is 29.4. The number of carbonyl (C=O) groups excluding carboxylic acids is 1. The van der Waals surface area contributed by atoms with Crippen LogP contribution in [0.5, 0.6) is 5.75 Å². The molecule has 1 saturated heterocycles. The molecule has 0 bridgehead atoms. The maximum atomic E-state index is 10.6. The minimum absolute atomic E-state index is 0. The van der Waals surface area contributed by atoms with Gasteiger partial charge in [0.25, 0.3) is 0 Å². The van der Waals surface area contributed by atoms with E-state index in [-0.39, 0.29) is 47.5 Å². The molecule has 0 spiro atoms. The predicted molar refractivity (Wildman–Crippen MR) is 59.2 cm³/mol. The summed E-state index contributed by atoms with van der Waals surface area (Å²) < 4.78 is 10.3. The molecular weight excluding hydrogens is 279 g/mol. The van der Waals surface area contributed by atoms with Crippen molar-refractivity contribution in [2.24, 2.45) is 0 Å². The van der Waals surface area contributed by atoms with Gasteiger partial charge in [-0.1, -0.05) is 0 Å². The summed E-state index contributed by atoms with van der Waals surface area (Å²) >= 11 is 0. The van der Waals surface area contributed by atoms with Gasteiger partial charge in [-0.3, -0.25) is 0 Å². The summed E-state index contributed by atoms with van der Waals surface area (Å²) in [7, 11) is 0. The summed E-state index contributed by atoms with van der Waals surface area (Å²) in [6.45, 7) is -0.167. The van der Waals surface area contributed by atoms with Crippen molar-refractivity contribution in [3.05, 3.63) is 29.8 Å². The fourth-order valence-electron chi connectivity index (χ4n) is 1.69. The number of rotatable bonds is 3. The quantitative estimate of drug-likeness (QED) is 0.477. The average Bonchev–Trinajstić information content (AvgIpc) is 2.40. The molecule has 1 fully saturated rings. The number of carboxylic acid groups (broad SMARTS) is 1. The van der Waals surface area contributed by atoms with E-state index >= 15 is 0 Å².